The number of hydrogen-bond acceptors (Lipinski definition) is 6. The Labute approximate surface area is 146 Å². The molecule has 0 radical (unpaired) electrons. The van der Waals surface area contributed by atoms with Gasteiger partial charge in [0.15, 0.2) is 0 Å². The summed E-state index contributed by atoms with van der Waals surface area (Å²) in [5, 5.41) is 10.4. The third-order valence-electron chi connectivity index (χ3n) is 5.87. The third kappa shape index (κ3) is 3.94. The van der Waals surface area contributed by atoms with Gasteiger partial charge < -0.3 is 9.90 Å². The number of hydrogen-bond donors (Lipinski definition) is 0. The first kappa shape index (κ1) is 19.2. The van der Waals surface area contributed by atoms with Crippen molar-refractivity contribution in [2.24, 2.45) is 23.2 Å². The second-order valence-corrected chi connectivity index (χ2v) is 7.36. The van der Waals surface area contributed by atoms with Crippen LogP contribution in [0, 0.1) is 23.2 Å². The minimum atomic E-state index is -1.81. The van der Waals surface area contributed by atoms with Crippen molar-refractivity contribution in [3.8, 4) is 0 Å². The first-order valence-corrected chi connectivity index (χ1v) is 8.69. The molecule has 0 unspecified atom stereocenters. The zero-order valence-corrected chi connectivity index (χ0v) is 14.6. The second kappa shape index (κ2) is 7.42. The molecule has 0 spiro atoms. The lowest BCUT2D eigenvalue weighted by molar-refractivity contribution is -0.299. The Morgan fingerprint density at radius 2 is 1.96 bits per heavy atom. The van der Waals surface area contributed by atoms with Crippen molar-refractivity contribution in [3.05, 3.63) is 12.2 Å². The van der Waals surface area contributed by atoms with Crippen LogP contribution in [0.1, 0.15) is 52.4 Å². The molecule has 0 amide bonds. The van der Waals surface area contributed by atoms with Crippen LogP contribution in [-0.2, 0) is 24.0 Å². The Kier molecular flexibility index (Phi) is 5.70. The molecule has 0 aromatic rings. The number of carboxylic acid groups (broad SMARTS) is 1. The van der Waals surface area contributed by atoms with E-state index in [0.717, 1.165) is 6.08 Å². The summed E-state index contributed by atoms with van der Waals surface area (Å²) in [7, 11) is 0. The molecule has 2 aliphatic rings. The molecule has 2 fully saturated rings. The average molecular weight is 347 g/mol. The highest BCUT2D eigenvalue weighted by Gasteiger charge is 2.53. The largest absolute Gasteiger partial charge is 0.541 e. The van der Waals surface area contributed by atoms with E-state index in [1.165, 1.54) is 6.08 Å². The lowest BCUT2D eigenvalue weighted by Gasteiger charge is -2.39. The number of Topliss-reactive ketones (excluding diaryl/α,β-unsaturated/α-hetero) is 3. The second-order valence-electron chi connectivity index (χ2n) is 7.36. The van der Waals surface area contributed by atoms with Gasteiger partial charge in [-0.15, -0.1) is 0 Å². The van der Waals surface area contributed by atoms with E-state index in [1.807, 2.05) is 6.92 Å². The molecule has 0 aromatic heterocycles. The molecule has 136 valence electrons. The van der Waals surface area contributed by atoms with Crippen molar-refractivity contribution >= 4 is 29.1 Å². The van der Waals surface area contributed by atoms with E-state index in [2.05, 4.69) is 0 Å². The Hall–Kier alpha value is -2.11. The van der Waals surface area contributed by atoms with E-state index in [9.17, 15) is 29.1 Å². The number of aliphatic carboxylic acids is 1. The van der Waals surface area contributed by atoms with Gasteiger partial charge in [-0.3, -0.25) is 19.2 Å². The van der Waals surface area contributed by atoms with Crippen LogP contribution in [0.15, 0.2) is 12.2 Å². The molecule has 2 rings (SSSR count). The van der Waals surface area contributed by atoms with E-state index < -0.39 is 23.1 Å². The monoisotopic (exact) mass is 347 g/mol. The maximum Gasteiger partial charge on any atom is 0.200 e. The summed E-state index contributed by atoms with van der Waals surface area (Å²) in [5.74, 6) is -3.67. The highest BCUT2D eigenvalue weighted by Crippen LogP contribution is 2.52. The molecule has 0 aliphatic heterocycles. The van der Waals surface area contributed by atoms with Gasteiger partial charge >= 0.3 is 0 Å². The highest BCUT2D eigenvalue weighted by atomic mass is 16.4. The van der Waals surface area contributed by atoms with Crippen LogP contribution in [0.4, 0.5) is 0 Å². The van der Waals surface area contributed by atoms with E-state index in [0.29, 0.717) is 32.1 Å². The fraction of sp³-hybridized carbons (Fsp3) is 0.632. The Bertz CT molecular complexity index is 646. The van der Waals surface area contributed by atoms with E-state index in [-0.39, 0.29) is 35.6 Å². The molecule has 0 heterocycles. The summed E-state index contributed by atoms with van der Waals surface area (Å²) in [4.78, 5) is 58.0. The zero-order chi connectivity index (χ0) is 18.8. The third-order valence-corrected chi connectivity index (χ3v) is 5.87. The van der Waals surface area contributed by atoms with Gasteiger partial charge in [0.1, 0.15) is 23.3 Å². The van der Waals surface area contributed by atoms with E-state index in [4.69, 9.17) is 0 Å². The van der Waals surface area contributed by atoms with Crippen LogP contribution in [-0.4, -0.2) is 29.1 Å². The molecule has 2 aliphatic carbocycles. The molecule has 0 saturated heterocycles. The van der Waals surface area contributed by atoms with Gasteiger partial charge in [0.2, 0.25) is 5.78 Å². The fourth-order valence-electron chi connectivity index (χ4n) is 4.15. The van der Waals surface area contributed by atoms with Crippen LogP contribution >= 0.6 is 0 Å². The minimum Gasteiger partial charge on any atom is -0.541 e. The molecule has 0 N–H and O–H groups in total. The molecular formula is C19H23O6-. The number of carbonyl (C=O) groups excluding carboxylic acids is 5. The van der Waals surface area contributed by atoms with Gasteiger partial charge in [-0.2, -0.15) is 0 Å². The van der Waals surface area contributed by atoms with E-state index in [1.54, 1.807) is 6.92 Å². The van der Waals surface area contributed by atoms with Crippen LogP contribution in [0.2, 0.25) is 0 Å². The first-order chi connectivity index (χ1) is 11.7. The number of ketones is 4. The zero-order valence-electron chi connectivity index (χ0n) is 14.6. The molecule has 4 atom stereocenters. The van der Waals surface area contributed by atoms with Gasteiger partial charge in [-0.05, 0) is 31.3 Å². The molecule has 25 heavy (non-hydrogen) atoms. The summed E-state index contributed by atoms with van der Waals surface area (Å²) >= 11 is 0. The van der Waals surface area contributed by atoms with Crippen molar-refractivity contribution in [3.63, 3.8) is 0 Å². The van der Waals surface area contributed by atoms with Crippen LogP contribution in [0.3, 0.4) is 0 Å². The fourth-order valence-corrected chi connectivity index (χ4v) is 4.15. The Balaban J connectivity index is 1.96. The number of allylic oxidation sites excluding steroid dienone is 1. The number of fused-ring (bicyclic) bond motifs is 1. The summed E-state index contributed by atoms with van der Waals surface area (Å²) in [6.07, 6.45) is 4.83. The van der Waals surface area contributed by atoms with Crippen molar-refractivity contribution in [1.29, 1.82) is 0 Å². The van der Waals surface area contributed by atoms with Crippen molar-refractivity contribution in [2.75, 3.05) is 0 Å². The van der Waals surface area contributed by atoms with Gasteiger partial charge in [0.05, 0.1) is 0 Å². The normalized spacial score (nSPS) is 30.3. The number of carbonyl (C=O) groups is 5. The lowest BCUT2D eigenvalue weighted by atomic mass is 9.62. The van der Waals surface area contributed by atoms with Gasteiger partial charge in [-0.25, -0.2) is 0 Å². The topological polar surface area (TPSA) is 108 Å². The average Bonchev–Trinajstić information content (AvgIpc) is 2.87. The number of carboxylic acids is 1. The van der Waals surface area contributed by atoms with E-state index >= 15 is 0 Å². The highest BCUT2D eigenvalue weighted by molar-refractivity contribution is 6.36. The lowest BCUT2D eigenvalue weighted by Crippen LogP contribution is -2.42. The summed E-state index contributed by atoms with van der Waals surface area (Å²) in [5.41, 5.74) is -0.436. The van der Waals surface area contributed by atoms with Crippen molar-refractivity contribution < 1.29 is 29.1 Å². The predicted molar refractivity (Wildman–Crippen MR) is 86.1 cm³/mol. The number of rotatable bonds is 7. The van der Waals surface area contributed by atoms with Crippen molar-refractivity contribution in [1.82, 2.24) is 0 Å². The standard InChI is InChI=1S/C19H24O6/c1-11(3-6-16(22)18(24)25)14(20)7-4-12-13-5-8-17(23)19(13,2)10-9-15(12)21/h3,6,11-13H,4-5,7-10H2,1-2H3,(H,24,25)/p-1/b6-3+/t11-,12-,13-,19+/m1/s1. The smallest absolute Gasteiger partial charge is 0.200 e. The van der Waals surface area contributed by atoms with Gasteiger partial charge in [0, 0.05) is 36.5 Å². The molecule has 6 heteroatoms. The van der Waals surface area contributed by atoms with Crippen LogP contribution in [0.25, 0.3) is 0 Å². The quantitative estimate of drug-likeness (QED) is 0.498. The van der Waals surface area contributed by atoms with Crippen LogP contribution < -0.4 is 5.11 Å². The Morgan fingerprint density at radius 1 is 1.28 bits per heavy atom. The minimum absolute atomic E-state index is 0.0135. The van der Waals surface area contributed by atoms with Crippen LogP contribution in [0.5, 0.6) is 0 Å². The molecular weight excluding hydrogens is 324 g/mol. The maximum atomic E-state index is 12.3. The predicted octanol–water partition coefficient (Wildman–Crippen LogP) is 0.811. The summed E-state index contributed by atoms with van der Waals surface area (Å²) in [6, 6.07) is 0. The molecule has 0 bridgehead atoms. The Morgan fingerprint density at radius 3 is 2.60 bits per heavy atom. The van der Waals surface area contributed by atoms with Gasteiger partial charge in [-0.1, -0.05) is 19.9 Å². The first-order valence-electron chi connectivity index (χ1n) is 8.69. The summed E-state index contributed by atoms with van der Waals surface area (Å²) in [6.45, 7) is 3.51. The summed E-state index contributed by atoms with van der Waals surface area (Å²) < 4.78 is 0. The molecule has 6 nitrogen and oxygen atoms in total. The SMILES string of the molecule is C[C@H](/C=C/C(=O)C(=O)[O-])C(=O)CC[C@H]1C(=O)CC[C@]2(C)C(=O)CC[C@H]12. The molecule has 2 saturated carbocycles. The van der Waals surface area contributed by atoms with Gasteiger partial charge in [0.25, 0.3) is 0 Å². The molecule has 0 aromatic carbocycles. The van der Waals surface area contributed by atoms with Crippen molar-refractivity contribution in [2.45, 2.75) is 52.4 Å². The maximum absolute atomic E-state index is 12.3.